The van der Waals surface area contributed by atoms with Gasteiger partial charge >= 0.3 is 0 Å². The molecule has 0 aliphatic rings. The van der Waals surface area contributed by atoms with Gasteiger partial charge in [0.2, 0.25) is 0 Å². The molecule has 1 aromatic rings. The molecule has 1 aromatic carbocycles. The Kier molecular flexibility index (Phi) is 6.16. The lowest BCUT2D eigenvalue weighted by atomic mass is 10.1. The summed E-state index contributed by atoms with van der Waals surface area (Å²) in [5.41, 5.74) is 2.55. The number of rotatable bonds is 7. The summed E-state index contributed by atoms with van der Waals surface area (Å²) in [6, 6.07) is 8.92. The van der Waals surface area contributed by atoms with Crippen LogP contribution in [-0.2, 0) is 6.54 Å². The van der Waals surface area contributed by atoms with Crippen LogP contribution in [0.3, 0.4) is 0 Å². The number of aliphatic hydroxyl groups excluding tert-OH is 1. The Morgan fingerprint density at radius 1 is 1.22 bits per heavy atom. The number of hydrogen-bond acceptors (Lipinski definition) is 3. The predicted molar refractivity (Wildman–Crippen MR) is 78.0 cm³/mol. The molecule has 0 heterocycles. The fraction of sp³-hybridized carbons (Fsp3) is 0.600. The van der Waals surface area contributed by atoms with Crippen LogP contribution in [0.4, 0.5) is 5.69 Å². The molecule has 0 amide bonds. The summed E-state index contributed by atoms with van der Waals surface area (Å²) in [7, 11) is 2.08. The maximum absolute atomic E-state index is 9.35. The molecule has 102 valence electrons. The Bertz CT molecular complexity index is 350. The van der Waals surface area contributed by atoms with Crippen molar-refractivity contribution in [3.8, 4) is 0 Å². The van der Waals surface area contributed by atoms with Crippen molar-refractivity contribution in [2.75, 3.05) is 18.5 Å². The zero-order chi connectivity index (χ0) is 13.5. The maximum Gasteiger partial charge on any atom is 0.0528 e. The van der Waals surface area contributed by atoms with Crippen LogP contribution in [0.5, 0.6) is 0 Å². The minimum absolute atomic E-state index is 0.242. The summed E-state index contributed by atoms with van der Waals surface area (Å²) in [6.45, 7) is 7.89. The van der Waals surface area contributed by atoms with Gasteiger partial charge in [0, 0.05) is 31.9 Å². The van der Waals surface area contributed by atoms with E-state index in [0.717, 1.165) is 19.5 Å². The highest BCUT2D eigenvalue weighted by Gasteiger charge is 2.08. The second-order valence-corrected chi connectivity index (χ2v) is 5.22. The van der Waals surface area contributed by atoms with Crippen LogP contribution < -0.4 is 10.2 Å². The van der Waals surface area contributed by atoms with Gasteiger partial charge in [0.1, 0.15) is 0 Å². The minimum atomic E-state index is -0.242. The molecule has 0 bridgehead atoms. The molecule has 0 aromatic heterocycles. The summed E-state index contributed by atoms with van der Waals surface area (Å²) in [6.07, 6.45) is 0.552. The Hall–Kier alpha value is -1.06. The Morgan fingerprint density at radius 3 is 2.50 bits per heavy atom. The molecule has 0 saturated carbocycles. The van der Waals surface area contributed by atoms with Crippen LogP contribution in [0.15, 0.2) is 24.3 Å². The molecular weight excluding hydrogens is 224 g/mol. The standard InChI is InChI=1S/C15H26N2O/c1-12(2)16-11-14-7-5-6-8-15(14)17(4)10-9-13(3)18/h5-8,12-13,16,18H,9-11H2,1-4H3. The normalized spacial score (nSPS) is 12.8. The zero-order valence-electron chi connectivity index (χ0n) is 12.0. The lowest BCUT2D eigenvalue weighted by Crippen LogP contribution is -2.26. The second kappa shape index (κ2) is 7.39. The fourth-order valence-corrected chi connectivity index (χ4v) is 1.85. The highest BCUT2D eigenvalue weighted by molar-refractivity contribution is 5.53. The summed E-state index contributed by atoms with van der Waals surface area (Å²) in [4.78, 5) is 2.21. The van der Waals surface area contributed by atoms with E-state index in [1.807, 2.05) is 6.92 Å². The predicted octanol–water partition coefficient (Wildman–Crippen LogP) is 2.39. The van der Waals surface area contributed by atoms with Crippen molar-refractivity contribution in [3.05, 3.63) is 29.8 Å². The van der Waals surface area contributed by atoms with E-state index in [0.29, 0.717) is 6.04 Å². The number of anilines is 1. The molecule has 0 radical (unpaired) electrons. The van der Waals surface area contributed by atoms with Gasteiger partial charge in [0.05, 0.1) is 6.10 Å². The van der Waals surface area contributed by atoms with Crippen molar-refractivity contribution in [2.45, 2.75) is 45.9 Å². The first-order valence-electron chi connectivity index (χ1n) is 6.71. The third-order valence-corrected chi connectivity index (χ3v) is 2.99. The van der Waals surface area contributed by atoms with Crippen LogP contribution in [0.2, 0.25) is 0 Å². The summed E-state index contributed by atoms with van der Waals surface area (Å²) >= 11 is 0. The number of benzene rings is 1. The van der Waals surface area contributed by atoms with E-state index in [-0.39, 0.29) is 6.10 Å². The smallest absolute Gasteiger partial charge is 0.0528 e. The third-order valence-electron chi connectivity index (χ3n) is 2.99. The molecular formula is C15H26N2O. The molecule has 0 saturated heterocycles. The van der Waals surface area contributed by atoms with Crippen LogP contribution in [0.25, 0.3) is 0 Å². The molecule has 3 nitrogen and oxygen atoms in total. The van der Waals surface area contributed by atoms with E-state index in [9.17, 15) is 5.11 Å². The Morgan fingerprint density at radius 2 is 1.89 bits per heavy atom. The highest BCUT2D eigenvalue weighted by Crippen LogP contribution is 2.19. The molecule has 0 fully saturated rings. The monoisotopic (exact) mass is 250 g/mol. The molecule has 0 aliphatic carbocycles. The van der Waals surface area contributed by atoms with Gasteiger partial charge in [-0.3, -0.25) is 0 Å². The van der Waals surface area contributed by atoms with Gasteiger partial charge in [-0.2, -0.15) is 0 Å². The van der Waals surface area contributed by atoms with E-state index >= 15 is 0 Å². The zero-order valence-corrected chi connectivity index (χ0v) is 12.0. The van der Waals surface area contributed by atoms with E-state index in [1.165, 1.54) is 11.3 Å². The number of nitrogens with one attached hydrogen (secondary N) is 1. The molecule has 18 heavy (non-hydrogen) atoms. The third kappa shape index (κ3) is 5.07. The van der Waals surface area contributed by atoms with E-state index in [4.69, 9.17) is 0 Å². The molecule has 1 atom stereocenters. The first-order chi connectivity index (χ1) is 8.50. The summed E-state index contributed by atoms with van der Waals surface area (Å²) in [5, 5.41) is 12.8. The van der Waals surface area contributed by atoms with E-state index in [2.05, 4.69) is 55.4 Å². The molecule has 0 spiro atoms. The van der Waals surface area contributed by atoms with Gasteiger partial charge in [-0.05, 0) is 25.0 Å². The molecule has 3 heteroatoms. The Balaban J connectivity index is 2.68. The van der Waals surface area contributed by atoms with E-state index < -0.39 is 0 Å². The number of para-hydroxylation sites is 1. The maximum atomic E-state index is 9.35. The number of hydrogen-bond donors (Lipinski definition) is 2. The van der Waals surface area contributed by atoms with Crippen LogP contribution >= 0.6 is 0 Å². The summed E-state index contributed by atoms with van der Waals surface area (Å²) in [5.74, 6) is 0. The lowest BCUT2D eigenvalue weighted by Gasteiger charge is -2.23. The van der Waals surface area contributed by atoms with Crippen molar-refractivity contribution in [2.24, 2.45) is 0 Å². The largest absolute Gasteiger partial charge is 0.393 e. The van der Waals surface area contributed by atoms with Crippen molar-refractivity contribution >= 4 is 5.69 Å². The van der Waals surface area contributed by atoms with E-state index in [1.54, 1.807) is 0 Å². The van der Waals surface area contributed by atoms with Gasteiger partial charge in [0.25, 0.3) is 0 Å². The van der Waals surface area contributed by atoms with Gasteiger partial charge in [-0.25, -0.2) is 0 Å². The van der Waals surface area contributed by atoms with Gasteiger partial charge in [0.15, 0.2) is 0 Å². The van der Waals surface area contributed by atoms with Crippen molar-refractivity contribution in [1.29, 1.82) is 0 Å². The average Bonchev–Trinajstić information content (AvgIpc) is 2.33. The van der Waals surface area contributed by atoms with Gasteiger partial charge < -0.3 is 15.3 Å². The van der Waals surface area contributed by atoms with Crippen LogP contribution in [0.1, 0.15) is 32.8 Å². The van der Waals surface area contributed by atoms with Crippen molar-refractivity contribution in [1.82, 2.24) is 5.32 Å². The molecule has 0 aliphatic heterocycles. The van der Waals surface area contributed by atoms with Gasteiger partial charge in [-0.1, -0.05) is 32.0 Å². The quantitative estimate of drug-likeness (QED) is 0.780. The molecule has 2 N–H and O–H groups in total. The number of aliphatic hydroxyl groups is 1. The van der Waals surface area contributed by atoms with Crippen molar-refractivity contribution < 1.29 is 5.11 Å². The number of nitrogens with zero attached hydrogens (tertiary/aromatic N) is 1. The first kappa shape index (κ1) is 15.0. The van der Waals surface area contributed by atoms with Crippen LogP contribution in [0, 0.1) is 0 Å². The first-order valence-corrected chi connectivity index (χ1v) is 6.71. The Labute approximate surface area is 111 Å². The lowest BCUT2D eigenvalue weighted by molar-refractivity contribution is 0.187. The topological polar surface area (TPSA) is 35.5 Å². The second-order valence-electron chi connectivity index (χ2n) is 5.22. The van der Waals surface area contributed by atoms with Gasteiger partial charge in [-0.15, -0.1) is 0 Å². The average molecular weight is 250 g/mol. The van der Waals surface area contributed by atoms with Crippen LogP contribution in [-0.4, -0.2) is 30.8 Å². The van der Waals surface area contributed by atoms with Crippen molar-refractivity contribution in [3.63, 3.8) is 0 Å². The molecule has 1 rings (SSSR count). The molecule has 1 unspecified atom stereocenters. The highest BCUT2D eigenvalue weighted by atomic mass is 16.3. The minimum Gasteiger partial charge on any atom is -0.393 e. The summed E-state index contributed by atoms with van der Waals surface area (Å²) < 4.78 is 0. The SMILES string of the molecule is CC(O)CCN(C)c1ccccc1CNC(C)C. The fourth-order valence-electron chi connectivity index (χ4n) is 1.85.